The second-order valence-corrected chi connectivity index (χ2v) is 7.89. The Kier molecular flexibility index (Phi) is 8.59. The first kappa shape index (κ1) is 24.9. The highest BCUT2D eigenvalue weighted by atomic mass is 35.5. The summed E-state index contributed by atoms with van der Waals surface area (Å²) in [6, 6.07) is 11.4. The number of halogens is 3. The summed E-state index contributed by atoms with van der Waals surface area (Å²) in [5.41, 5.74) is 1.58. The summed E-state index contributed by atoms with van der Waals surface area (Å²) in [4.78, 5) is 12.4. The first-order chi connectivity index (χ1) is 15.8. The molecule has 0 amide bonds. The number of nitrogens with zero attached hydrogens (tertiary/aromatic N) is 3. The molecule has 1 aromatic heterocycles. The van der Waals surface area contributed by atoms with Gasteiger partial charge in [-0.2, -0.15) is 0 Å². The molecule has 9 nitrogen and oxygen atoms in total. The first-order valence-corrected chi connectivity index (χ1v) is 10.4. The number of imidazole rings is 1. The Balaban J connectivity index is 0.000000709. The maximum atomic E-state index is 13.0. The van der Waals surface area contributed by atoms with Crippen molar-refractivity contribution in [2.24, 2.45) is 0 Å². The van der Waals surface area contributed by atoms with Crippen molar-refractivity contribution in [3.05, 3.63) is 98.3 Å². The van der Waals surface area contributed by atoms with Gasteiger partial charge in [0.05, 0.1) is 37.7 Å². The van der Waals surface area contributed by atoms with Crippen LogP contribution in [-0.2, 0) is 33.1 Å². The Morgan fingerprint density at radius 2 is 2.03 bits per heavy atom. The monoisotopic (exact) mass is 499 g/mol. The van der Waals surface area contributed by atoms with E-state index in [9.17, 15) is 4.39 Å². The number of benzene rings is 2. The summed E-state index contributed by atoms with van der Waals surface area (Å²) in [6.45, 7) is 1.41. The van der Waals surface area contributed by atoms with Crippen LogP contribution in [0.4, 0.5) is 4.39 Å². The molecular formula is C21H20Cl2FN3O6. The predicted molar refractivity (Wildman–Crippen MR) is 116 cm³/mol. The van der Waals surface area contributed by atoms with E-state index in [4.69, 9.17) is 52.7 Å². The van der Waals surface area contributed by atoms with Gasteiger partial charge in [0, 0.05) is 23.0 Å². The molecule has 0 radical (unpaired) electrons. The van der Waals surface area contributed by atoms with E-state index in [0.717, 1.165) is 5.56 Å². The highest BCUT2D eigenvalue weighted by Gasteiger charge is 2.45. The van der Waals surface area contributed by atoms with Crippen LogP contribution in [0.25, 0.3) is 0 Å². The van der Waals surface area contributed by atoms with E-state index in [1.54, 1.807) is 36.8 Å². The normalized spacial score (nSPS) is 19.7. The van der Waals surface area contributed by atoms with Crippen molar-refractivity contribution < 1.29 is 28.9 Å². The zero-order valence-corrected chi connectivity index (χ0v) is 18.7. The zero-order valence-electron chi connectivity index (χ0n) is 17.1. The van der Waals surface area contributed by atoms with Gasteiger partial charge in [0.1, 0.15) is 11.9 Å². The Hall–Kier alpha value is -2.76. The van der Waals surface area contributed by atoms with Gasteiger partial charge in [0.25, 0.3) is 5.09 Å². The molecule has 2 unspecified atom stereocenters. The molecule has 0 saturated carbocycles. The Morgan fingerprint density at radius 3 is 2.67 bits per heavy atom. The Labute approximate surface area is 198 Å². The number of aromatic nitrogens is 2. The summed E-state index contributed by atoms with van der Waals surface area (Å²) in [5.74, 6) is -1.35. The van der Waals surface area contributed by atoms with Crippen molar-refractivity contribution in [1.29, 1.82) is 0 Å². The Bertz CT molecular complexity index is 1050. The fourth-order valence-electron chi connectivity index (χ4n) is 3.26. The lowest BCUT2D eigenvalue weighted by atomic mass is 10.1. The number of rotatable bonds is 7. The second-order valence-electron chi connectivity index (χ2n) is 7.04. The van der Waals surface area contributed by atoms with E-state index in [1.807, 2.05) is 16.8 Å². The van der Waals surface area contributed by atoms with Crippen LogP contribution >= 0.6 is 23.2 Å². The summed E-state index contributed by atoms with van der Waals surface area (Å²) in [6.07, 6.45) is 4.92. The fraction of sp³-hybridized carbons (Fsp3) is 0.286. The van der Waals surface area contributed by atoms with Crippen LogP contribution in [0.1, 0.15) is 11.1 Å². The molecule has 2 aromatic carbocycles. The van der Waals surface area contributed by atoms with Gasteiger partial charge >= 0.3 is 0 Å². The highest BCUT2D eigenvalue weighted by molar-refractivity contribution is 6.35. The third-order valence-electron chi connectivity index (χ3n) is 4.64. The molecular weight excluding hydrogens is 480 g/mol. The standard InChI is InChI=1S/C21H19Cl2FN2O3.HNO3/c22-16-3-6-19(20(23)9-16)21(13-26-8-7-25-14-26)28-12-18(29-21)11-27-10-15-1-4-17(24)5-2-15;2-1(3)4/h1-9,14,18H,10-13H2;(H,2,3,4). The van der Waals surface area contributed by atoms with Gasteiger partial charge in [-0.3, -0.25) is 0 Å². The lowest BCUT2D eigenvalue weighted by Gasteiger charge is -2.30. The zero-order chi connectivity index (χ0) is 23.8. The molecule has 2 atom stereocenters. The van der Waals surface area contributed by atoms with Crippen LogP contribution in [0.3, 0.4) is 0 Å². The van der Waals surface area contributed by atoms with Crippen LogP contribution < -0.4 is 0 Å². The lowest BCUT2D eigenvalue weighted by Crippen LogP contribution is -2.34. The molecule has 1 aliphatic heterocycles. The highest BCUT2D eigenvalue weighted by Crippen LogP contribution is 2.40. The van der Waals surface area contributed by atoms with Gasteiger partial charge in [-0.1, -0.05) is 41.4 Å². The van der Waals surface area contributed by atoms with Gasteiger partial charge in [-0.15, -0.1) is 10.1 Å². The minimum absolute atomic E-state index is 0.273. The third kappa shape index (κ3) is 7.11. The van der Waals surface area contributed by atoms with Crippen LogP contribution in [-0.4, -0.2) is 39.2 Å². The third-order valence-corrected chi connectivity index (χ3v) is 5.18. The van der Waals surface area contributed by atoms with E-state index in [2.05, 4.69) is 4.98 Å². The molecule has 0 spiro atoms. The number of hydrogen-bond donors (Lipinski definition) is 1. The van der Waals surface area contributed by atoms with Crippen LogP contribution in [0.2, 0.25) is 10.0 Å². The van der Waals surface area contributed by atoms with Crippen LogP contribution in [0.5, 0.6) is 0 Å². The average Bonchev–Trinajstić information content (AvgIpc) is 3.40. The molecule has 176 valence electrons. The molecule has 3 aromatic rings. The minimum Gasteiger partial charge on any atom is -0.374 e. The van der Waals surface area contributed by atoms with E-state index in [0.29, 0.717) is 42.0 Å². The summed E-state index contributed by atoms with van der Waals surface area (Å²) >= 11 is 12.5. The van der Waals surface area contributed by atoms with Gasteiger partial charge in [-0.25, -0.2) is 9.37 Å². The topological polar surface area (TPSA) is 109 Å². The van der Waals surface area contributed by atoms with Crippen molar-refractivity contribution in [3.8, 4) is 0 Å². The quantitative estimate of drug-likeness (QED) is 0.377. The lowest BCUT2D eigenvalue weighted by molar-refractivity contribution is -0.742. The molecule has 12 heteroatoms. The predicted octanol–water partition coefficient (Wildman–Crippen LogP) is 4.47. The fourth-order valence-corrected chi connectivity index (χ4v) is 3.82. The summed E-state index contributed by atoms with van der Waals surface area (Å²) in [7, 11) is 0. The molecule has 1 saturated heterocycles. The van der Waals surface area contributed by atoms with E-state index < -0.39 is 10.9 Å². The Morgan fingerprint density at radius 1 is 1.30 bits per heavy atom. The molecule has 0 bridgehead atoms. The van der Waals surface area contributed by atoms with Crippen molar-refractivity contribution >= 4 is 23.2 Å². The van der Waals surface area contributed by atoms with Gasteiger partial charge < -0.3 is 24.0 Å². The first-order valence-electron chi connectivity index (χ1n) is 9.66. The van der Waals surface area contributed by atoms with Crippen molar-refractivity contribution in [3.63, 3.8) is 0 Å². The summed E-state index contributed by atoms with van der Waals surface area (Å²) in [5, 5.41) is 14.6. The molecule has 33 heavy (non-hydrogen) atoms. The summed E-state index contributed by atoms with van der Waals surface area (Å²) < 4.78 is 33.1. The maximum absolute atomic E-state index is 13.0. The minimum atomic E-state index is -1.50. The van der Waals surface area contributed by atoms with Crippen LogP contribution in [0, 0.1) is 15.9 Å². The van der Waals surface area contributed by atoms with E-state index in [1.165, 1.54) is 12.1 Å². The maximum Gasteiger partial charge on any atom is 0.291 e. The second kappa shape index (κ2) is 11.4. The van der Waals surface area contributed by atoms with Crippen molar-refractivity contribution in [2.75, 3.05) is 13.2 Å². The van der Waals surface area contributed by atoms with Crippen LogP contribution in [0.15, 0.2) is 61.2 Å². The molecule has 1 fully saturated rings. The smallest absolute Gasteiger partial charge is 0.291 e. The molecule has 1 aliphatic rings. The van der Waals surface area contributed by atoms with E-state index in [-0.39, 0.29) is 11.9 Å². The largest absolute Gasteiger partial charge is 0.374 e. The van der Waals surface area contributed by atoms with Gasteiger partial charge in [0.2, 0.25) is 5.79 Å². The van der Waals surface area contributed by atoms with Crippen molar-refractivity contribution in [1.82, 2.24) is 9.55 Å². The number of hydrogen-bond acceptors (Lipinski definition) is 6. The molecule has 4 rings (SSSR count). The SMILES string of the molecule is Fc1ccc(COCC2COC(Cn3ccnc3)(c3ccc(Cl)cc3Cl)O2)cc1.O=[N+]([O-])O. The van der Waals surface area contributed by atoms with E-state index >= 15 is 0 Å². The molecule has 0 aliphatic carbocycles. The van der Waals surface area contributed by atoms with Gasteiger partial charge in [-0.05, 0) is 29.8 Å². The average molecular weight is 500 g/mol. The van der Waals surface area contributed by atoms with Crippen molar-refractivity contribution in [2.45, 2.75) is 25.0 Å². The molecule has 1 N–H and O–H groups in total. The molecule has 2 heterocycles. The number of ether oxygens (including phenoxy) is 3. The van der Waals surface area contributed by atoms with Gasteiger partial charge in [0.15, 0.2) is 0 Å².